The molecule has 0 atom stereocenters. The van der Waals surface area contributed by atoms with Crippen LogP contribution in [0.2, 0.25) is 0 Å². The minimum Gasteiger partial charge on any atom is -0.507 e. The molecular weight excluding hydrogens is 312 g/mol. The predicted molar refractivity (Wildman–Crippen MR) is 99.8 cm³/mol. The molecule has 0 unspecified atom stereocenters. The summed E-state index contributed by atoms with van der Waals surface area (Å²) in [5, 5.41) is 25.2. The lowest BCUT2D eigenvalue weighted by molar-refractivity contribution is 0.452. The highest BCUT2D eigenvalue weighted by molar-refractivity contribution is 5.74. The Morgan fingerprint density at radius 3 is 2.32 bits per heavy atom. The molecule has 3 rings (SSSR count). The first-order valence-corrected chi connectivity index (χ1v) is 8.80. The fourth-order valence-electron chi connectivity index (χ4n) is 3.01. The Morgan fingerprint density at radius 1 is 0.920 bits per heavy atom. The van der Waals surface area contributed by atoms with Gasteiger partial charge in [-0.1, -0.05) is 50.1 Å². The zero-order chi connectivity index (χ0) is 17.6. The van der Waals surface area contributed by atoms with Crippen LogP contribution in [-0.4, -0.2) is 20.0 Å². The molecule has 4 heteroatoms. The van der Waals surface area contributed by atoms with Crippen LogP contribution in [0.3, 0.4) is 0 Å². The monoisotopic (exact) mass is 336 g/mol. The van der Waals surface area contributed by atoms with Gasteiger partial charge in [0.1, 0.15) is 11.5 Å². The smallest absolute Gasteiger partial charge is 0.129 e. The second-order valence-corrected chi connectivity index (χ2v) is 6.35. The number of aromatic nitrogens is 2. The Morgan fingerprint density at radius 2 is 1.64 bits per heavy atom. The Hall–Kier alpha value is -2.75. The fourth-order valence-corrected chi connectivity index (χ4v) is 3.01. The molecule has 0 saturated carbocycles. The second-order valence-electron chi connectivity index (χ2n) is 6.35. The highest BCUT2D eigenvalue weighted by Gasteiger charge is 2.15. The van der Waals surface area contributed by atoms with Gasteiger partial charge in [0.2, 0.25) is 0 Å². The van der Waals surface area contributed by atoms with Gasteiger partial charge in [-0.15, -0.1) is 0 Å². The van der Waals surface area contributed by atoms with E-state index in [9.17, 15) is 10.2 Å². The maximum absolute atomic E-state index is 10.4. The normalized spacial score (nSPS) is 10.9. The predicted octanol–water partition coefficient (Wildman–Crippen LogP) is 4.74. The molecule has 0 spiro atoms. The van der Waals surface area contributed by atoms with Crippen LogP contribution in [0, 0.1) is 0 Å². The Balaban J connectivity index is 1.80. The molecular formula is C21H24N2O2. The van der Waals surface area contributed by atoms with Gasteiger partial charge in [-0.05, 0) is 42.2 Å². The number of hydrogen-bond donors (Lipinski definition) is 2. The Kier molecular flexibility index (Phi) is 5.39. The van der Waals surface area contributed by atoms with E-state index < -0.39 is 0 Å². The molecule has 1 heterocycles. The zero-order valence-corrected chi connectivity index (χ0v) is 14.5. The number of hydrogen-bond acceptors (Lipinski definition) is 3. The van der Waals surface area contributed by atoms with Gasteiger partial charge in [-0.25, -0.2) is 0 Å². The largest absolute Gasteiger partial charge is 0.507 e. The van der Waals surface area contributed by atoms with E-state index in [2.05, 4.69) is 12.0 Å². The van der Waals surface area contributed by atoms with Crippen molar-refractivity contribution < 1.29 is 10.2 Å². The van der Waals surface area contributed by atoms with Gasteiger partial charge >= 0.3 is 0 Å². The van der Waals surface area contributed by atoms with Crippen LogP contribution in [0.25, 0.3) is 11.3 Å². The van der Waals surface area contributed by atoms with Gasteiger partial charge in [-0.2, -0.15) is 5.10 Å². The fraction of sp³-hybridized carbons (Fsp3) is 0.286. The van der Waals surface area contributed by atoms with Crippen molar-refractivity contribution in [2.24, 2.45) is 0 Å². The second kappa shape index (κ2) is 7.88. The van der Waals surface area contributed by atoms with E-state index in [0.29, 0.717) is 17.8 Å². The van der Waals surface area contributed by atoms with Crippen LogP contribution >= 0.6 is 0 Å². The molecule has 0 fully saturated rings. The van der Waals surface area contributed by atoms with Crippen molar-refractivity contribution in [3.05, 3.63) is 65.9 Å². The first-order chi connectivity index (χ1) is 12.2. The number of nitrogens with zero attached hydrogens (tertiary/aromatic N) is 2. The number of aryl methyl sites for hydroxylation is 1. The van der Waals surface area contributed by atoms with Gasteiger partial charge in [0, 0.05) is 6.20 Å². The number of rotatable bonds is 7. The van der Waals surface area contributed by atoms with E-state index in [1.807, 2.05) is 42.6 Å². The van der Waals surface area contributed by atoms with Gasteiger partial charge in [0.15, 0.2) is 0 Å². The third kappa shape index (κ3) is 4.21. The van der Waals surface area contributed by atoms with Gasteiger partial charge in [0.25, 0.3) is 0 Å². The van der Waals surface area contributed by atoms with E-state index in [1.165, 1.54) is 0 Å². The lowest BCUT2D eigenvalue weighted by Crippen LogP contribution is -2.00. The summed E-state index contributed by atoms with van der Waals surface area (Å²) in [4.78, 5) is 0. The first kappa shape index (κ1) is 17.1. The van der Waals surface area contributed by atoms with Crippen LogP contribution < -0.4 is 0 Å². The summed E-state index contributed by atoms with van der Waals surface area (Å²) in [6.45, 7) is 2.81. The number of phenols is 2. The summed E-state index contributed by atoms with van der Waals surface area (Å²) in [7, 11) is 0. The number of benzene rings is 2. The molecule has 2 aromatic carbocycles. The summed E-state index contributed by atoms with van der Waals surface area (Å²) >= 11 is 0. The van der Waals surface area contributed by atoms with E-state index in [0.717, 1.165) is 36.8 Å². The molecule has 130 valence electrons. The van der Waals surface area contributed by atoms with Crippen molar-refractivity contribution in [1.82, 2.24) is 9.78 Å². The van der Waals surface area contributed by atoms with E-state index >= 15 is 0 Å². The SMILES string of the molecule is CCCCCc1cc(O)c(-c2ccn(Cc3ccccc3)n2)c(O)c1. The maximum Gasteiger partial charge on any atom is 0.129 e. The summed E-state index contributed by atoms with van der Waals surface area (Å²) < 4.78 is 1.80. The molecule has 2 N–H and O–H groups in total. The number of aromatic hydroxyl groups is 2. The Labute approximate surface area is 148 Å². The van der Waals surface area contributed by atoms with Crippen molar-refractivity contribution >= 4 is 0 Å². The minimum absolute atomic E-state index is 0.0801. The highest BCUT2D eigenvalue weighted by atomic mass is 16.3. The summed E-state index contributed by atoms with van der Waals surface area (Å²) in [6, 6.07) is 15.3. The molecule has 0 saturated heterocycles. The van der Waals surface area contributed by atoms with Gasteiger partial charge in [0.05, 0.1) is 17.8 Å². The highest BCUT2D eigenvalue weighted by Crippen LogP contribution is 2.37. The molecule has 0 bridgehead atoms. The van der Waals surface area contributed by atoms with Crippen LogP contribution in [0.15, 0.2) is 54.7 Å². The average Bonchev–Trinajstić information content (AvgIpc) is 3.03. The molecule has 0 amide bonds. The lowest BCUT2D eigenvalue weighted by Gasteiger charge is -2.09. The topological polar surface area (TPSA) is 58.3 Å². The van der Waals surface area contributed by atoms with Crippen molar-refractivity contribution in [2.45, 2.75) is 39.2 Å². The van der Waals surface area contributed by atoms with Crippen molar-refractivity contribution in [2.75, 3.05) is 0 Å². The van der Waals surface area contributed by atoms with Gasteiger partial charge in [-0.3, -0.25) is 4.68 Å². The van der Waals surface area contributed by atoms with Crippen LogP contribution in [-0.2, 0) is 13.0 Å². The van der Waals surface area contributed by atoms with Crippen molar-refractivity contribution in [1.29, 1.82) is 0 Å². The molecule has 0 aliphatic carbocycles. The van der Waals surface area contributed by atoms with Gasteiger partial charge < -0.3 is 10.2 Å². The third-order valence-corrected chi connectivity index (χ3v) is 4.31. The van der Waals surface area contributed by atoms with Crippen LogP contribution in [0.5, 0.6) is 11.5 Å². The summed E-state index contributed by atoms with van der Waals surface area (Å²) in [6.07, 6.45) is 6.07. The molecule has 3 aromatic rings. The van der Waals surface area contributed by atoms with Crippen LogP contribution in [0.1, 0.15) is 37.3 Å². The minimum atomic E-state index is 0.0801. The average molecular weight is 336 g/mol. The standard InChI is InChI=1S/C21H24N2O2/c1-2-3-5-10-17-13-19(24)21(20(25)14-17)18-11-12-23(22-18)15-16-8-6-4-7-9-16/h4,6-9,11-14,24-25H,2-3,5,10,15H2,1H3. The molecule has 4 nitrogen and oxygen atoms in total. The summed E-state index contributed by atoms with van der Waals surface area (Å²) in [5.74, 6) is 0.160. The molecule has 25 heavy (non-hydrogen) atoms. The Bertz CT molecular complexity index is 802. The molecule has 1 aromatic heterocycles. The van der Waals surface area contributed by atoms with E-state index in [1.54, 1.807) is 16.8 Å². The summed E-state index contributed by atoms with van der Waals surface area (Å²) in [5.41, 5.74) is 3.07. The number of phenolic OH excluding ortho intramolecular Hbond substituents is 2. The number of unbranched alkanes of at least 4 members (excludes halogenated alkanes) is 2. The zero-order valence-electron chi connectivity index (χ0n) is 14.5. The van der Waals surface area contributed by atoms with Crippen molar-refractivity contribution in [3.63, 3.8) is 0 Å². The quantitative estimate of drug-likeness (QED) is 0.613. The molecule has 0 aliphatic rings. The third-order valence-electron chi connectivity index (χ3n) is 4.31. The van der Waals surface area contributed by atoms with E-state index in [-0.39, 0.29) is 11.5 Å². The lowest BCUT2D eigenvalue weighted by atomic mass is 10.0. The molecule has 0 radical (unpaired) electrons. The molecule has 0 aliphatic heterocycles. The maximum atomic E-state index is 10.4. The van der Waals surface area contributed by atoms with E-state index in [4.69, 9.17) is 0 Å². The van der Waals surface area contributed by atoms with Crippen LogP contribution in [0.4, 0.5) is 0 Å². The first-order valence-electron chi connectivity index (χ1n) is 8.80. The van der Waals surface area contributed by atoms with Crippen molar-refractivity contribution in [3.8, 4) is 22.8 Å².